The maximum absolute atomic E-state index is 11.9. The lowest BCUT2D eigenvalue weighted by Gasteiger charge is -2.21. The van der Waals surface area contributed by atoms with E-state index in [9.17, 15) is 9.59 Å². The number of urea groups is 1. The van der Waals surface area contributed by atoms with Crippen molar-refractivity contribution in [2.75, 3.05) is 31.1 Å². The number of carboxylic acid groups (broad SMARTS) is 1. The third kappa shape index (κ3) is 5.16. The van der Waals surface area contributed by atoms with Crippen LogP contribution in [0.25, 0.3) is 0 Å². The Bertz CT molecular complexity index is 278. The zero-order valence-electron chi connectivity index (χ0n) is 10.9. The molecule has 0 spiro atoms. The number of rotatable bonds is 5. The van der Waals surface area contributed by atoms with Gasteiger partial charge in [-0.05, 0) is 18.6 Å². The molecule has 0 bridgehead atoms. The Balaban J connectivity index is 2.35. The van der Waals surface area contributed by atoms with Crippen molar-refractivity contribution in [3.63, 3.8) is 0 Å². The smallest absolute Gasteiger partial charge is 0.317 e. The van der Waals surface area contributed by atoms with E-state index >= 15 is 0 Å². The fourth-order valence-corrected chi connectivity index (χ4v) is 2.82. The second kappa shape index (κ2) is 8.24. The molecule has 0 aromatic rings. The van der Waals surface area contributed by atoms with Gasteiger partial charge in [-0.3, -0.25) is 4.79 Å². The monoisotopic (exact) mass is 274 g/mol. The Morgan fingerprint density at radius 2 is 2.17 bits per heavy atom. The molecule has 1 unspecified atom stereocenters. The van der Waals surface area contributed by atoms with E-state index in [1.54, 1.807) is 4.90 Å². The fourth-order valence-electron chi connectivity index (χ4n) is 1.93. The predicted octanol–water partition coefficient (Wildman–Crippen LogP) is 1.64. The maximum Gasteiger partial charge on any atom is 0.317 e. The molecule has 1 fully saturated rings. The number of carbonyl (C=O) groups is 2. The quantitative estimate of drug-likeness (QED) is 0.799. The molecule has 1 aliphatic rings. The molecule has 1 aliphatic heterocycles. The molecule has 0 saturated carbocycles. The zero-order chi connectivity index (χ0) is 13.4. The van der Waals surface area contributed by atoms with E-state index < -0.39 is 11.9 Å². The SMILES string of the molecule is CCCC(CNC(=O)N1CCCSCC1)C(=O)O. The van der Waals surface area contributed by atoms with Gasteiger partial charge in [0.25, 0.3) is 0 Å². The Labute approximate surface area is 112 Å². The van der Waals surface area contributed by atoms with Crippen LogP contribution < -0.4 is 5.32 Å². The lowest BCUT2D eigenvalue weighted by Crippen LogP contribution is -2.43. The van der Waals surface area contributed by atoms with E-state index in [0.717, 1.165) is 37.4 Å². The number of nitrogens with one attached hydrogen (secondary N) is 1. The molecule has 18 heavy (non-hydrogen) atoms. The zero-order valence-corrected chi connectivity index (χ0v) is 11.7. The standard InChI is InChI=1S/C12H22N2O3S/c1-2-4-10(11(15)16)9-13-12(17)14-5-3-7-18-8-6-14/h10H,2-9H2,1H3,(H,13,17)(H,15,16). The van der Waals surface area contributed by atoms with Crippen molar-refractivity contribution in [2.45, 2.75) is 26.2 Å². The number of hydrogen-bond donors (Lipinski definition) is 2. The summed E-state index contributed by atoms with van der Waals surface area (Å²) in [4.78, 5) is 24.6. The minimum atomic E-state index is -0.830. The topological polar surface area (TPSA) is 69.6 Å². The number of thioether (sulfide) groups is 1. The summed E-state index contributed by atoms with van der Waals surface area (Å²) in [6.07, 6.45) is 2.42. The average molecular weight is 274 g/mol. The van der Waals surface area contributed by atoms with Gasteiger partial charge in [-0.1, -0.05) is 13.3 Å². The van der Waals surface area contributed by atoms with E-state index in [1.807, 2.05) is 18.7 Å². The van der Waals surface area contributed by atoms with Gasteiger partial charge in [0.15, 0.2) is 0 Å². The van der Waals surface area contributed by atoms with Crippen molar-refractivity contribution in [3.8, 4) is 0 Å². The highest BCUT2D eigenvalue weighted by molar-refractivity contribution is 7.99. The number of hydrogen-bond acceptors (Lipinski definition) is 3. The maximum atomic E-state index is 11.9. The summed E-state index contributed by atoms with van der Waals surface area (Å²) in [5.41, 5.74) is 0. The average Bonchev–Trinajstić information content (AvgIpc) is 2.62. The van der Waals surface area contributed by atoms with Crippen molar-refractivity contribution in [1.29, 1.82) is 0 Å². The van der Waals surface area contributed by atoms with Gasteiger partial charge < -0.3 is 15.3 Å². The van der Waals surface area contributed by atoms with Crippen molar-refractivity contribution in [2.24, 2.45) is 5.92 Å². The van der Waals surface area contributed by atoms with Crippen LogP contribution in [0.2, 0.25) is 0 Å². The van der Waals surface area contributed by atoms with Crippen LogP contribution in [0.5, 0.6) is 0 Å². The Hall–Kier alpha value is -0.910. The van der Waals surface area contributed by atoms with Crippen LogP contribution in [0.1, 0.15) is 26.2 Å². The first kappa shape index (κ1) is 15.1. The molecule has 2 N–H and O–H groups in total. The van der Waals surface area contributed by atoms with Crippen LogP contribution in [0, 0.1) is 5.92 Å². The van der Waals surface area contributed by atoms with Gasteiger partial charge in [-0.25, -0.2) is 4.79 Å². The van der Waals surface area contributed by atoms with Crippen molar-refractivity contribution < 1.29 is 14.7 Å². The molecule has 1 heterocycles. The van der Waals surface area contributed by atoms with Gasteiger partial charge >= 0.3 is 12.0 Å². The summed E-state index contributed by atoms with van der Waals surface area (Å²) < 4.78 is 0. The lowest BCUT2D eigenvalue weighted by molar-refractivity contribution is -0.141. The fraction of sp³-hybridized carbons (Fsp3) is 0.833. The molecule has 0 aromatic heterocycles. The summed E-state index contributed by atoms with van der Waals surface area (Å²) in [6, 6.07) is -0.125. The van der Waals surface area contributed by atoms with Gasteiger partial charge in [-0.15, -0.1) is 0 Å². The summed E-state index contributed by atoms with van der Waals surface area (Å²) in [5.74, 6) is 0.756. The molecular weight excluding hydrogens is 252 g/mol. The summed E-state index contributed by atoms with van der Waals surface area (Å²) in [6.45, 7) is 3.70. The highest BCUT2D eigenvalue weighted by atomic mass is 32.2. The van der Waals surface area contributed by atoms with E-state index in [-0.39, 0.29) is 12.6 Å². The molecule has 104 valence electrons. The first-order valence-corrected chi connectivity index (χ1v) is 7.64. The van der Waals surface area contributed by atoms with E-state index in [1.165, 1.54) is 0 Å². The summed E-state index contributed by atoms with van der Waals surface area (Å²) in [5, 5.41) is 11.7. The molecule has 0 radical (unpaired) electrons. The number of aliphatic carboxylic acids is 1. The molecule has 1 saturated heterocycles. The minimum Gasteiger partial charge on any atom is -0.481 e. The molecule has 2 amide bonds. The molecule has 5 nitrogen and oxygen atoms in total. The van der Waals surface area contributed by atoms with Crippen LogP contribution in [-0.2, 0) is 4.79 Å². The first-order chi connectivity index (χ1) is 8.65. The van der Waals surface area contributed by atoms with Gasteiger partial charge in [0.1, 0.15) is 0 Å². The Morgan fingerprint density at radius 3 is 2.83 bits per heavy atom. The van der Waals surface area contributed by atoms with Crippen molar-refractivity contribution in [1.82, 2.24) is 10.2 Å². The molecular formula is C12H22N2O3S. The third-order valence-corrected chi connectivity index (χ3v) is 4.04. The number of carboxylic acids is 1. The lowest BCUT2D eigenvalue weighted by atomic mass is 10.0. The number of carbonyl (C=O) groups excluding carboxylic acids is 1. The van der Waals surface area contributed by atoms with E-state index in [2.05, 4.69) is 5.32 Å². The van der Waals surface area contributed by atoms with Crippen LogP contribution in [0.3, 0.4) is 0 Å². The molecule has 0 aromatic carbocycles. The first-order valence-electron chi connectivity index (χ1n) is 6.48. The normalized spacial score (nSPS) is 17.9. The minimum absolute atomic E-state index is 0.125. The second-order valence-corrected chi connectivity index (χ2v) is 5.69. The predicted molar refractivity (Wildman–Crippen MR) is 72.9 cm³/mol. The molecule has 6 heteroatoms. The van der Waals surface area contributed by atoms with Crippen LogP contribution in [0.4, 0.5) is 4.79 Å². The third-order valence-electron chi connectivity index (χ3n) is 3.00. The van der Waals surface area contributed by atoms with Crippen LogP contribution in [-0.4, -0.2) is 53.1 Å². The Morgan fingerprint density at radius 1 is 1.39 bits per heavy atom. The van der Waals surface area contributed by atoms with Crippen LogP contribution in [0.15, 0.2) is 0 Å². The van der Waals surface area contributed by atoms with Gasteiger partial charge in [-0.2, -0.15) is 11.8 Å². The van der Waals surface area contributed by atoms with Gasteiger partial charge in [0, 0.05) is 25.4 Å². The largest absolute Gasteiger partial charge is 0.481 e. The summed E-state index contributed by atoms with van der Waals surface area (Å²) >= 11 is 1.86. The molecule has 0 aliphatic carbocycles. The molecule has 1 rings (SSSR count). The van der Waals surface area contributed by atoms with Crippen molar-refractivity contribution in [3.05, 3.63) is 0 Å². The number of nitrogens with zero attached hydrogens (tertiary/aromatic N) is 1. The summed E-state index contributed by atoms with van der Waals surface area (Å²) in [7, 11) is 0. The second-order valence-electron chi connectivity index (χ2n) is 4.46. The van der Waals surface area contributed by atoms with E-state index in [0.29, 0.717) is 6.42 Å². The van der Waals surface area contributed by atoms with Crippen molar-refractivity contribution >= 4 is 23.8 Å². The number of amides is 2. The highest BCUT2D eigenvalue weighted by Crippen LogP contribution is 2.10. The molecule has 1 atom stereocenters. The van der Waals surface area contributed by atoms with Crippen LogP contribution >= 0.6 is 11.8 Å². The van der Waals surface area contributed by atoms with Gasteiger partial charge in [0.2, 0.25) is 0 Å². The van der Waals surface area contributed by atoms with E-state index in [4.69, 9.17) is 5.11 Å². The highest BCUT2D eigenvalue weighted by Gasteiger charge is 2.20. The van der Waals surface area contributed by atoms with Gasteiger partial charge in [0.05, 0.1) is 5.92 Å². The Kier molecular flexibility index (Phi) is 6.93.